The van der Waals surface area contributed by atoms with E-state index in [2.05, 4.69) is 28.0 Å². The van der Waals surface area contributed by atoms with Gasteiger partial charge in [-0.25, -0.2) is 4.39 Å². The Morgan fingerprint density at radius 2 is 2.38 bits per heavy atom. The van der Waals surface area contributed by atoms with Gasteiger partial charge in [-0.2, -0.15) is 11.8 Å². The summed E-state index contributed by atoms with van der Waals surface area (Å²) < 4.78 is 20.3. The van der Waals surface area contributed by atoms with Crippen LogP contribution in [-0.2, 0) is 4.74 Å². The van der Waals surface area contributed by atoms with Crippen LogP contribution in [0, 0.1) is 15.3 Å². The number of thioether (sulfide) groups is 1. The van der Waals surface area contributed by atoms with E-state index in [4.69, 9.17) is 10.6 Å². The lowest BCUT2D eigenvalue weighted by atomic mass is 9.79. The predicted molar refractivity (Wildman–Crippen MR) is 92.5 cm³/mol. The number of halogens is 2. The van der Waals surface area contributed by atoms with Gasteiger partial charge in [-0.05, 0) is 71.2 Å². The summed E-state index contributed by atoms with van der Waals surface area (Å²) in [5.41, 5.74) is 4.09. The molecule has 0 aromatic heterocycles. The summed E-state index contributed by atoms with van der Waals surface area (Å²) in [7, 11) is 0. The molecule has 0 bridgehead atoms. The molecular formula is C15H20FIN2OS. The molecule has 0 amide bonds. The molecule has 6 heteroatoms. The third-order valence-corrected chi connectivity index (χ3v) is 6.70. The van der Waals surface area contributed by atoms with Gasteiger partial charge in [-0.3, -0.25) is 11.3 Å². The average molecular weight is 422 g/mol. The number of ether oxygens (including phenoxy) is 1. The van der Waals surface area contributed by atoms with Crippen molar-refractivity contribution >= 4 is 34.4 Å². The second-order valence-electron chi connectivity index (χ2n) is 5.90. The number of hydrogen-bond donors (Lipinski definition) is 2. The zero-order valence-corrected chi connectivity index (χ0v) is 14.8. The van der Waals surface area contributed by atoms with Crippen LogP contribution >= 0.6 is 34.4 Å². The highest BCUT2D eigenvalue weighted by molar-refractivity contribution is 14.1. The van der Waals surface area contributed by atoms with Crippen molar-refractivity contribution in [3.63, 3.8) is 0 Å². The largest absolute Gasteiger partial charge is 0.374 e. The molecule has 1 aromatic rings. The summed E-state index contributed by atoms with van der Waals surface area (Å²) in [5.74, 6) is 8.34. The Morgan fingerprint density at radius 3 is 3.05 bits per heavy atom. The topological polar surface area (TPSA) is 47.3 Å². The Kier molecular flexibility index (Phi) is 5.10. The van der Waals surface area contributed by atoms with Crippen LogP contribution in [0.15, 0.2) is 18.2 Å². The van der Waals surface area contributed by atoms with Crippen molar-refractivity contribution in [2.75, 3.05) is 18.1 Å². The molecule has 116 valence electrons. The van der Waals surface area contributed by atoms with Crippen molar-refractivity contribution in [2.45, 2.75) is 30.9 Å². The van der Waals surface area contributed by atoms with Crippen molar-refractivity contribution in [3.8, 4) is 0 Å². The third kappa shape index (κ3) is 3.39. The smallest absolute Gasteiger partial charge is 0.124 e. The lowest BCUT2D eigenvalue weighted by Crippen LogP contribution is -2.45. The highest BCUT2D eigenvalue weighted by atomic mass is 127. The number of nitrogens with one attached hydrogen (secondary N) is 1. The highest BCUT2D eigenvalue weighted by Crippen LogP contribution is 2.44. The van der Waals surface area contributed by atoms with Crippen LogP contribution in [0.4, 0.5) is 4.39 Å². The summed E-state index contributed by atoms with van der Waals surface area (Å²) in [6, 6.07) is 5.00. The summed E-state index contributed by atoms with van der Waals surface area (Å²) in [6.07, 6.45) is 3.16. The zero-order chi connectivity index (χ0) is 14.9. The van der Waals surface area contributed by atoms with Crippen LogP contribution in [0.3, 0.4) is 0 Å². The van der Waals surface area contributed by atoms with Crippen LogP contribution in [0.1, 0.15) is 30.9 Å². The summed E-state index contributed by atoms with van der Waals surface area (Å²) in [4.78, 5) is 0. The Morgan fingerprint density at radius 1 is 1.52 bits per heavy atom. The molecule has 2 heterocycles. The molecule has 0 aliphatic carbocycles. The third-order valence-electron chi connectivity index (χ3n) is 4.55. The molecule has 3 unspecified atom stereocenters. The normalized spacial score (nSPS) is 30.7. The summed E-state index contributed by atoms with van der Waals surface area (Å²) in [5, 5.41) is 0. The molecule has 3 N–H and O–H groups in total. The van der Waals surface area contributed by atoms with E-state index in [-0.39, 0.29) is 17.5 Å². The Balaban J connectivity index is 1.82. The Bertz CT molecular complexity index is 510. The van der Waals surface area contributed by atoms with E-state index in [1.807, 2.05) is 17.8 Å². The molecule has 2 saturated heterocycles. The van der Waals surface area contributed by atoms with Crippen LogP contribution in [0.5, 0.6) is 0 Å². The van der Waals surface area contributed by atoms with Crippen molar-refractivity contribution in [3.05, 3.63) is 33.1 Å². The van der Waals surface area contributed by atoms with E-state index >= 15 is 0 Å². The minimum Gasteiger partial charge on any atom is -0.374 e. The molecule has 2 fully saturated rings. The highest BCUT2D eigenvalue weighted by Gasteiger charge is 2.42. The van der Waals surface area contributed by atoms with Gasteiger partial charge in [0.25, 0.3) is 0 Å². The van der Waals surface area contributed by atoms with E-state index in [1.54, 1.807) is 6.07 Å². The second kappa shape index (κ2) is 6.70. The fraction of sp³-hybridized carbons (Fsp3) is 0.600. The maximum Gasteiger partial charge on any atom is 0.124 e. The molecular weight excluding hydrogens is 402 g/mol. The first-order valence-corrected chi connectivity index (χ1v) is 9.50. The molecule has 3 rings (SSSR count). The SMILES string of the molecule is NNC(c1ccc(F)cc1I)C1CCOC2(CCSC2)C1. The summed E-state index contributed by atoms with van der Waals surface area (Å²) >= 11 is 4.16. The standard InChI is InChI=1S/C15H20FIN2OS/c16-11-1-2-12(13(17)7-11)14(19-18)10-3-5-20-15(8-10)4-6-21-9-15/h1-2,7,10,14,19H,3-6,8-9,18H2. The summed E-state index contributed by atoms with van der Waals surface area (Å²) in [6.45, 7) is 0.793. The van der Waals surface area contributed by atoms with E-state index < -0.39 is 0 Å². The molecule has 2 aliphatic rings. The second-order valence-corrected chi connectivity index (χ2v) is 8.16. The van der Waals surface area contributed by atoms with Gasteiger partial charge in [0.15, 0.2) is 0 Å². The average Bonchev–Trinajstić information content (AvgIpc) is 2.90. The van der Waals surface area contributed by atoms with Crippen molar-refractivity contribution in [1.29, 1.82) is 0 Å². The zero-order valence-electron chi connectivity index (χ0n) is 11.8. The molecule has 0 radical (unpaired) electrons. The molecule has 21 heavy (non-hydrogen) atoms. The minimum atomic E-state index is -0.199. The van der Waals surface area contributed by atoms with E-state index in [1.165, 1.54) is 11.8 Å². The number of nitrogens with two attached hydrogens (primary N) is 1. The quantitative estimate of drug-likeness (QED) is 0.446. The molecule has 3 atom stereocenters. The number of rotatable bonds is 3. The van der Waals surface area contributed by atoms with Crippen molar-refractivity contribution in [2.24, 2.45) is 11.8 Å². The Hall–Kier alpha value is 0.110. The molecule has 1 aromatic carbocycles. The van der Waals surface area contributed by atoms with Gasteiger partial charge in [0.2, 0.25) is 0 Å². The van der Waals surface area contributed by atoms with Crippen LogP contribution in [-0.4, -0.2) is 23.7 Å². The molecule has 3 nitrogen and oxygen atoms in total. The lowest BCUT2D eigenvalue weighted by molar-refractivity contribution is -0.0854. The minimum absolute atomic E-state index is 0.0359. The number of hydrazine groups is 1. The predicted octanol–water partition coefficient (Wildman–Crippen LogP) is 3.24. The van der Waals surface area contributed by atoms with Crippen molar-refractivity contribution < 1.29 is 9.13 Å². The maximum atomic E-state index is 13.3. The van der Waals surface area contributed by atoms with E-state index in [9.17, 15) is 4.39 Å². The van der Waals surface area contributed by atoms with Crippen molar-refractivity contribution in [1.82, 2.24) is 5.43 Å². The maximum absolute atomic E-state index is 13.3. The van der Waals surface area contributed by atoms with Crippen LogP contribution in [0.25, 0.3) is 0 Å². The number of benzene rings is 1. The lowest BCUT2D eigenvalue weighted by Gasteiger charge is -2.41. The van der Waals surface area contributed by atoms with Crippen LogP contribution in [0.2, 0.25) is 0 Å². The van der Waals surface area contributed by atoms with E-state index in [0.717, 1.165) is 40.8 Å². The van der Waals surface area contributed by atoms with Gasteiger partial charge in [-0.15, -0.1) is 0 Å². The first kappa shape index (κ1) is 16.0. The monoisotopic (exact) mass is 422 g/mol. The van der Waals surface area contributed by atoms with Gasteiger partial charge in [0.05, 0.1) is 11.6 Å². The Labute approximate surface area is 142 Å². The molecule has 1 spiro atoms. The fourth-order valence-corrected chi connectivity index (χ4v) is 5.64. The molecule has 0 saturated carbocycles. The molecule has 2 aliphatic heterocycles. The first-order valence-electron chi connectivity index (χ1n) is 7.26. The number of hydrogen-bond acceptors (Lipinski definition) is 4. The fourth-order valence-electron chi connectivity index (χ4n) is 3.45. The van der Waals surface area contributed by atoms with Crippen LogP contribution < -0.4 is 11.3 Å². The van der Waals surface area contributed by atoms with Gasteiger partial charge < -0.3 is 4.74 Å². The van der Waals surface area contributed by atoms with Gasteiger partial charge in [0.1, 0.15) is 5.82 Å². The van der Waals surface area contributed by atoms with Gasteiger partial charge in [0, 0.05) is 15.9 Å². The first-order chi connectivity index (χ1) is 10.1. The van der Waals surface area contributed by atoms with E-state index in [0.29, 0.717) is 5.92 Å². The van der Waals surface area contributed by atoms with Gasteiger partial charge >= 0.3 is 0 Å². The van der Waals surface area contributed by atoms with Gasteiger partial charge in [-0.1, -0.05) is 6.07 Å².